The van der Waals surface area contributed by atoms with Crippen LogP contribution in [-0.2, 0) is 4.74 Å². The number of morpholine rings is 1. The van der Waals surface area contributed by atoms with Gasteiger partial charge in [0.1, 0.15) is 18.5 Å². The number of nitro benzene ring substituents is 1. The molecule has 1 heterocycles. The van der Waals surface area contributed by atoms with E-state index in [1.165, 1.54) is 19.2 Å². The summed E-state index contributed by atoms with van der Waals surface area (Å²) in [6.07, 6.45) is -0.0875. The highest BCUT2D eigenvalue weighted by molar-refractivity contribution is 5.50. The molecule has 1 N–H and O–H groups in total. The van der Waals surface area contributed by atoms with Crippen LogP contribution >= 0.6 is 0 Å². The topological polar surface area (TPSA) is 82.9 Å². The van der Waals surface area contributed by atoms with E-state index in [1.807, 2.05) is 0 Å². The summed E-state index contributed by atoms with van der Waals surface area (Å²) in [5, 5.41) is 14.1. The Morgan fingerprint density at radius 1 is 1.58 bits per heavy atom. The van der Waals surface area contributed by atoms with Gasteiger partial charge in [-0.05, 0) is 12.1 Å². The highest BCUT2D eigenvalue weighted by Crippen LogP contribution is 2.31. The lowest BCUT2D eigenvalue weighted by Crippen LogP contribution is -2.41. The molecule has 0 radical (unpaired) electrons. The van der Waals surface area contributed by atoms with Gasteiger partial charge in [0.15, 0.2) is 5.75 Å². The van der Waals surface area contributed by atoms with Gasteiger partial charge in [0.05, 0.1) is 24.7 Å². The monoisotopic (exact) mass is 268 g/mol. The second-order valence-corrected chi connectivity index (χ2v) is 4.10. The van der Waals surface area contributed by atoms with E-state index in [9.17, 15) is 10.1 Å². The van der Waals surface area contributed by atoms with Crippen molar-refractivity contribution in [3.8, 4) is 11.5 Å². The molecule has 1 fully saturated rings. The van der Waals surface area contributed by atoms with Crippen LogP contribution in [0.25, 0.3) is 0 Å². The summed E-state index contributed by atoms with van der Waals surface area (Å²) >= 11 is 0. The lowest BCUT2D eigenvalue weighted by Gasteiger charge is -2.23. The molecule has 1 atom stereocenters. The summed E-state index contributed by atoms with van der Waals surface area (Å²) in [6, 6.07) is 4.50. The molecule has 2 rings (SSSR count). The predicted molar refractivity (Wildman–Crippen MR) is 67.8 cm³/mol. The van der Waals surface area contributed by atoms with Crippen LogP contribution in [0.2, 0.25) is 0 Å². The van der Waals surface area contributed by atoms with Gasteiger partial charge in [-0.25, -0.2) is 0 Å². The van der Waals surface area contributed by atoms with E-state index in [0.29, 0.717) is 18.9 Å². The fraction of sp³-hybridized carbons (Fsp3) is 0.500. The summed E-state index contributed by atoms with van der Waals surface area (Å²) in [6.45, 7) is 2.40. The highest BCUT2D eigenvalue weighted by Gasteiger charge is 2.19. The maximum absolute atomic E-state index is 11.0. The minimum absolute atomic E-state index is 0.0875. The van der Waals surface area contributed by atoms with Crippen LogP contribution in [0.15, 0.2) is 18.2 Å². The fourth-order valence-electron chi connectivity index (χ4n) is 1.80. The third kappa shape index (κ3) is 3.55. The zero-order chi connectivity index (χ0) is 13.7. The van der Waals surface area contributed by atoms with Crippen LogP contribution in [0.5, 0.6) is 11.5 Å². The number of rotatable bonds is 5. The minimum atomic E-state index is -0.488. The van der Waals surface area contributed by atoms with Gasteiger partial charge in [-0.3, -0.25) is 10.1 Å². The molecule has 1 saturated heterocycles. The van der Waals surface area contributed by atoms with Gasteiger partial charge >= 0.3 is 5.69 Å². The molecule has 0 saturated carbocycles. The molecule has 19 heavy (non-hydrogen) atoms. The van der Waals surface area contributed by atoms with Crippen LogP contribution in [0, 0.1) is 10.1 Å². The molecule has 0 aromatic heterocycles. The van der Waals surface area contributed by atoms with Crippen molar-refractivity contribution in [1.29, 1.82) is 0 Å². The Balaban J connectivity index is 2.04. The highest BCUT2D eigenvalue weighted by atomic mass is 16.6. The number of nitro groups is 1. The molecule has 0 spiro atoms. The van der Waals surface area contributed by atoms with Crippen LogP contribution in [-0.4, -0.2) is 44.4 Å². The number of nitrogens with zero attached hydrogens (tertiary/aromatic N) is 1. The number of hydrogen-bond acceptors (Lipinski definition) is 6. The van der Waals surface area contributed by atoms with Crippen molar-refractivity contribution in [2.24, 2.45) is 0 Å². The average Bonchev–Trinajstić information content (AvgIpc) is 2.46. The maximum atomic E-state index is 11.0. The standard InChI is InChI=1S/C12H16N2O5/c1-17-9-2-3-12(11(6-9)14(15)16)19-8-10-7-13-4-5-18-10/h2-3,6,10,13H,4-5,7-8H2,1H3. The molecular weight excluding hydrogens is 252 g/mol. The second kappa shape index (κ2) is 6.35. The summed E-state index contributed by atoms with van der Waals surface area (Å²) in [7, 11) is 1.46. The number of ether oxygens (including phenoxy) is 3. The van der Waals surface area contributed by atoms with Crippen LogP contribution in [0.3, 0.4) is 0 Å². The van der Waals surface area contributed by atoms with Gasteiger partial charge in [-0.15, -0.1) is 0 Å². The van der Waals surface area contributed by atoms with Gasteiger partial charge in [0.2, 0.25) is 0 Å². The summed E-state index contributed by atoms with van der Waals surface area (Å²) in [4.78, 5) is 10.5. The molecule has 0 bridgehead atoms. The molecule has 1 unspecified atom stereocenters. The Hall–Kier alpha value is -1.86. The third-order valence-corrected chi connectivity index (χ3v) is 2.79. The van der Waals surface area contributed by atoms with Crippen molar-refractivity contribution >= 4 is 5.69 Å². The first-order valence-corrected chi connectivity index (χ1v) is 5.98. The van der Waals surface area contributed by atoms with Crippen LogP contribution in [0.1, 0.15) is 0 Å². The molecule has 1 aliphatic heterocycles. The quantitative estimate of drug-likeness (QED) is 0.633. The number of nitrogens with one attached hydrogen (secondary N) is 1. The zero-order valence-corrected chi connectivity index (χ0v) is 10.6. The molecule has 1 aromatic rings. The van der Waals surface area contributed by atoms with Crippen LogP contribution < -0.4 is 14.8 Å². The van der Waals surface area contributed by atoms with Gasteiger partial charge < -0.3 is 19.5 Å². The summed E-state index contributed by atoms with van der Waals surface area (Å²) < 4.78 is 15.9. The maximum Gasteiger partial charge on any atom is 0.314 e. The predicted octanol–water partition coefficient (Wildman–Crippen LogP) is 0.971. The summed E-state index contributed by atoms with van der Waals surface area (Å²) in [5.41, 5.74) is -0.108. The first-order valence-electron chi connectivity index (χ1n) is 5.98. The van der Waals surface area contributed by atoms with E-state index in [1.54, 1.807) is 6.07 Å². The van der Waals surface area contributed by atoms with E-state index in [0.717, 1.165) is 6.54 Å². The number of methoxy groups -OCH3 is 1. The molecule has 7 heteroatoms. The molecule has 0 amide bonds. The Labute approximate surface area is 110 Å². The molecule has 1 aromatic carbocycles. The lowest BCUT2D eigenvalue weighted by atomic mass is 10.2. The van der Waals surface area contributed by atoms with Crippen molar-refractivity contribution in [2.75, 3.05) is 33.4 Å². The molecule has 104 valence electrons. The normalized spacial score (nSPS) is 18.9. The Bertz CT molecular complexity index is 446. The van der Waals surface area contributed by atoms with E-state index in [2.05, 4.69) is 5.32 Å². The molecular formula is C12H16N2O5. The smallest absolute Gasteiger partial charge is 0.314 e. The number of hydrogen-bond donors (Lipinski definition) is 1. The average molecular weight is 268 g/mol. The van der Waals surface area contributed by atoms with Crippen molar-refractivity contribution in [2.45, 2.75) is 6.10 Å². The molecule has 7 nitrogen and oxygen atoms in total. The first kappa shape index (κ1) is 13.6. The van der Waals surface area contributed by atoms with Gasteiger partial charge in [0, 0.05) is 13.1 Å². The largest absolute Gasteiger partial charge is 0.496 e. The van der Waals surface area contributed by atoms with Crippen molar-refractivity contribution < 1.29 is 19.1 Å². The van der Waals surface area contributed by atoms with Gasteiger partial charge in [0.25, 0.3) is 0 Å². The SMILES string of the molecule is COc1ccc(OCC2CNCCO2)c([N+](=O)[O-])c1. The number of benzene rings is 1. The lowest BCUT2D eigenvalue weighted by molar-refractivity contribution is -0.386. The second-order valence-electron chi connectivity index (χ2n) is 4.10. The Morgan fingerprint density at radius 3 is 3.05 bits per heavy atom. The molecule has 1 aliphatic rings. The van der Waals surface area contributed by atoms with Gasteiger partial charge in [-0.2, -0.15) is 0 Å². The van der Waals surface area contributed by atoms with Crippen molar-refractivity contribution in [3.63, 3.8) is 0 Å². The van der Waals surface area contributed by atoms with Crippen LogP contribution in [0.4, 0.5) is 5.69 Å². The van der Waals surface area contributed by atoms with Crippen molar-refractivity contribution in [1.82, 2.24) is 5.32 Å². The molecule has 0 aliphatic carbocycles. The van der Waals surface area contributed by atoms with Gasteiger partial charge in [-0.1, -0.05) is 0 Å². The Kier molecular flexibility index (Phi) is 4.53. The van der Waals surface area contributed by atoms with E-state index < -0.39 is 4.92 Å². The van der Waals surface area contributed by atoms with E-state index >= 15 is 0 Å². The summed E-state index contributed by atoms with van der Waals surface area (Å²) in [5.74, 6) is 0.648. The van der Waals surface area contributed by atoms with E-state index in [-0.39, 0.29) is 24.1 Å². The fourth-order valence-corrected chi connectivity index (χ4v) is 1.80. The van der Waals surface area contributed by atoms with E-state index in [4.69, 9.17) is 14.2 Å². The minimum Gasteiger partial charge on any atom is -0.496 e. The Morgan fingerprint density at radius 2 is 2.42 bits per heavy atom. The first-order chi connectivity index (χ1) is 9.20. The van der Waals surface area contributed by atoms with Crippen molar-refractivity contribution in [3.05, 3.63) is 28.3 Å². The third-order valence-electron chi connectivity index (χ3n) is 2.79. The zero-order valence-electron chi connectivity index (χ0n) is 10.6.